The molecule has 1 unspecified atom stereocenters. The molecule has 0 aliphatic rings. The van der Waals surface area contributed by atoms with Crippen molar-refractivity contribution in [1.82, 2.24) is 15.1 Å². The molecule has 0 saturated carbocycles. The van der Waals surface area contributed by atoms with Crippen LogP contribution in [-0.4, -0.2) is 16.8 Å². The van der Waals surface area contributed by atoms with Gasteiger partial charge in [0.1, 0.15) is 5.75 Å². The van der Waals surface area contributed by atoms with Gasteiger partial charge < -0.3 is 4.74 Å². The Hall–Kier alpha value is -2.02. The molecular formula is C13H14F3N3O. The van der Waals surface area contributed by atoms with Gasteiger partial charge in [-0.05, 0) is 26.1 Å². The van der Waals surface area contributed by atoms with Crippen molar-refractivity contribution in [3.05, 3.63) is 42.2 Å². The number of ether oxygens (including phenoxy) is 1. The third kappa shape index (κ3) is 3.11. The van der Waals surface area contributed by atoms with Crippen LogP contribution in [0.25, 0.3) is 0 Å². The van der Waals surface area contributed by atoms with Crippen LogP contribution in [-0.2, 0) is 6.18 Å². The summed E-state index contributed by atoms with van der Waals surface area (Å²) in [5.41, 5.74) is -0.811. The summed E-state index contributed by atoms with van der Waals surface area (Å²) in [7, 11) is 1.76. The van der Waals surface area contributed by atoms with Crippen molar-refractivity contribution in [2.75, 3.05) is 7.05 Å². The van der Waals surface area contributed by atoms with Gasteiger partial charge in [-0.2, -0.15) is 18.3 Å². The minimum Gasteiger partial charge on any atom is -0.453 e. The molecule has 0 saturated heterocycles. The van der Waals surface area contributed by atoms with Gasteiger partial charge in [0.25, 0.3) is 0 Å². The molecule has 0 aliphatic carbocycles. The summed E-state index contributed by atoms with van der Waals surface area (Å²) in [5.74, 6) is 0.0143. The lowest BCUT2D eigenvalue weighted by atomic mass is 10.2. The molecule has 0 amide bonds. The highest BCUT2D eigenvalue weighted by Gasteiger charge is 2.34. The van der Waals surface area contributed by atoms with E-state index >= 15 is 0 Å². The normalized spacial score (nSPS) is 13.2. The lowest BCUT2D eigenvalue weighted by Gasteiger charge is -2.12. The molecule has 7 heteroatoms. The predicted octanol–water partition coefficient (Wildman–Crippen LogP) is 3.43. The lowest BCUT2D eigenvalue weighted by molar-refractivity contribution is -0.138. The summed E-state index contributed by atoms with van der Waals surface area (Å²) < 4.78 is 45.3. The first-order valence-corrected chi connectivity index (χ1v) is 5.97. The number of aromatic nitrogens is 2. The van der Waals surface area contributed by atoms with Crippen LogP contribution in [0.1, 0.15) is 18.7 Å². The number of halogens is 3. The predicted molar refractivity (Wildman–Crippen MR) is 67.5 cm³/mol. The third-order valence-corrected chi connectivity index (χ3v) is 2.81. The molecule has 1 aromatic heterocycles. The Morgan fingerprint density at radius 1 is 1.30 bits per heavy atom. The van der Waals surface area contributed by atoms with Gasteiger partial charge in [-0.1, -0.05) is 12.1 Å². The van der Waals surface area contributed by atoms with Gasteiger partial charge in [-0.25, -0.2) is 0 Å². The number of hydrogen-bond donors (Lipinski definition) is 1. The summed E-state index contributed by atoms with van der Waals surface area (Å²) in [5, 5.41) is 6.98. The van der Waals surface area contributed by atoms with Crippen molar-refractivity contribution < 1.29 is 17.9 Å². The van der Waals surface area contributed by atoms with Crippen LogP contribution in [0.5, 0.6) is 11.5 Å². The maximum atomic E-state index is 12.8. The van der Waals surface area contributed by atoms with Gasteiger partial charge in [-0.15, -0.1) is 0 Å². The Balaban J connectivity index is 2.25. The van der Waals surface area contributed by atoms with Gasteiger partial charge in [0.05, 0.1) is 24.1 Å². The number of nitrogens with zero attached hydrogens (tertiary/aromatic N) is 2. The summed E-state index contributed by atoms with van der Waals surface area (Å²) in [4.78, 5) is 0. The van der Waals surface area contributed by atoms with E-state index in [9.17, 15) is 13.2 Å². The molecule has 0 spiro atoms. The molecule has 0 fully saturated rings. The van der Waals surface area contributed by atoms with E-state index in [-0.39, 0.29) is 17.7 Å². The van der Waals surface area contributed by atoms with Crippen molar-refractivity contribution in [3.63, 3.8) is 0 Å². The Kier molecular flexibility index (Phi) is 3.99. The average molecular weight is 285 g/mol. The van der Waals surface area contributed by atoms with Crippen molar-refractivity contribution in [3.8, 4) is 11.5 Å². The van der Waals surface area contributed by atoms with E-state index in [1.165, 1.54) is 30.6 Å². The zero-order chi connectivity index (χ0) is 14.8. The number of rotatable bonds is 4. The van der Waals surface area contributed by atoms with Crippen LogP contribution in [0.4, 0.5) is 13.2 Å². The highest BCUT2D eigenvalue weighted by molar-refractivity contribution is 5.38. The molecule has 1 N–H and O–H groups in total. The molecule has 0 bridgehead atoms. The zero-order valence-electron chi connectivity index (χ0n) is 11.0. The van der Waals surface area contributed by atoms with Crippen LogP contribution in [0.2, 0.25) is 0 Å². The molecule has 2 aromatic rings. The fourth-order valence-corrected chi connectivity index (χ4v) is 1.63. The largest absolute Gasteiger partial charge is 0.453 e. The standard InChI is InChI=1S/C13H14F3N3O/c1-9(17-2)19-8-10(7-18-19)20-12-6-4-3-5-11(12)13(14,15)16/h3-9,17H,1-2H3. The number of nitrogens with one attached hydrogen (secondary N) is 1. The molecular weight excluding hydrogens is 271 g/mol. The van der Waals surface area contributed by atoms with E-state index in [0.29, 0.717) is 0 Å². The molecule has 4 nitrogen and oxygen atoms in total. The molecule has 1 atom stereocenters. The molecule has 2 rings (SSSR count). The summed E-state index contributed by atoms with van der Waals surface area (Å²) >= 11 is 0. The van der Waals surface area contributed by atoms with Gasteiger partial charge in [0.15, 0.2) is 5.75 Å². The molecule has 108 valence electrons. The first-order chi connectivity index (χ1) is 9.41. The highest BCUT2D eigenvalue weighted by atomic mass is 19.4. The van der Waals surface area contributed by atoms with Gasteiger partial charge in [0.2, 0.25) is 0 Å². The molecule has 0 aliphatic heterocycles. The van der Waals surface area contributed by atoms with Crippen LogP contribution in [0.15, 0.2) is 36.7 Å². The van der Waals surface area contributed by atoms with Crippen LogP contribution < -0.4 is 10.1 Å². The van der Waals surface area contributed by atoms with Crippen LogP contribution >= 0.6 is 0 Å². The molecule has 1 aromatic carbocycles. The van der Waals surface area contributed by atoms with Crippen LogP contribution in [0.3, 0.4) is 0 Å². The Labute approximate surface area is 114 Å². The quantitative estimate of drug-likeness (QED) is 0.935. The van der Waals surface area contributed by atoms with Crippen molar-refractivity contribution in [1.29, 1.82) is 0 Å². The Morgan fingerprint density at radius 2 is 2.00 bits per heavy atom. The number of alkyl halides is 3. The average Bonchev–Trinajstić information content (AvgIpc) is 2.86. The summed E-state index contributed by atoms with van der Waals surface area (Å²) in [6.45, 7) is 1.86. The van der Waals surface area contributed by atoms with Crippen molar-refractivity contribution >= 4 is 0 Å². The minimum atomic E-state index is -4.45. The minimum absolute atomic E-state index is 0.0785. The number of para-hydroxylation sites is 1. The second-order valence-electron chi connectivity index (χ2n) is 4.22. The third-order valence-electron chi connectivity index (χ3n) is 2.81. The highest BCUT2D eigenvalue weighted by Crippen LogP contribution is 2.37. The zero-order valence-corrected chi connectivity index (χ0v) is 11.0. The Morgan fingerprint density at radius 3 is 2.65 bits per heavy atom. The van der Waals surface area contributed by atoms with E-state index in [4.69, 9.17) is 4.74 Å². The fraction of sp³-hybridized carbons (Fsp3) is 0.308. The van der Waals surface area contributed by atoms with E-state index in [0.717, 1.165) is 6.07 Å². The summed E-state index contributed by atoms with van der Waals surface area (Å²) in [6, 6.07) is 5.07. The van der Waals surface area contributed by atoms with E-state index in [1.807, 2.05) is 6.92 Å². The van der Waals surface area contributed by atoms with Gasteiger partial charge in [0, 0.05) is 0 Å². The summed E-state index contributed by atoms with van der Waals surface area (Å²) in [6.07, 6.45) is -1.62. The molecule has 20 heavy (non-hydrogen) atoms. The Bertz CT molecular complexity index is 580. The first-order valence-electron chi connectivity index (χ1n) is 5.97. The smallest absolute Gasteiger partial charge is 0.419 e. The second kappa shape index (κ2) is 5.54. The van der Waals surface area contributed by atoms with Crippen molar-refractivity contribution in [2.45, 2.75) is 19.3 Å². The fourth-order valence-electron chi connectivity index (χ4n) is 1.63. The van der Waals surface area contributed by atoms with E-state index in [2.05, 4.69) is 10.4 Å². The van der Waals surface area contributed by atoms with E-state index < -0.39 is 11.7 Å². The number of benzene rings is 1. The lowest BCUT2D eigenvalue weighted by Crippen LogP contribution is -2.19. The van der Waals surface area contributed by atoms with E-state index in [1.54, 1.807) is 11.7 Å². The maximum absolute atomic E-state index is 12.8. The second-order valence-corrected chi connectivity index (χ2v) is 4.22. The maximum Gasteiger partial charge on any atom is 0.419 e. The molecule has 0 radical (unpaired) electrons. The SMILES string of the molecule is CNC(C)n1cc(Oc2ccccc2C(F)(F)F)cn1. The van der Waals surface area contributed by atoms with Crippen molar-refractivity contribution in [2.24, 2.45) is 0 Å². The number of hydrogen-bond acceptors (Lipinski definition) is 3. The topological polar surface area (TPSA) is 39.1 Å². The first kappa shape index (κ1) is 14.4. The van der Waals surface area contributed by atoms with Crippen LogP contribution in [0, 0.1) is 0 Å². The van der Waals surface area contributed by atoms with Gasteiger partial charge >= 0.3 is 6.18 Å². The van der Waals surface area contributed by atoms with Gasteiger partial charge in [-0.3, -0.25) is 10.00 Å². The monoisotopic (exact) mass is 285 g/mol. The molecule has 1 heterocycles.